The fraction of sp³-hybridized carbons (Fsp3) is 0.200. The lowest BCUT2D eigenvalue weighted by Crippen LogP contribution is -1.95. The number of hydrogen-bond acceptors (Lipinski definition) is 7. The fourth-order valence-corrected chi connectivity index (χ4v) is 3.58. The Morgan fingerprint density at radius 3 is 2.95 bits per heavy atom. The van der Waals surface area contributed by atoms with Gasteiger partial charge in [0.2, 0.25) is 0 Å². The topological polar surface area (TPSA) is 75.6 Å². The zero-order valence-corrected chi connectivity index (χ0v) is 13.7. The second-order valence-electron chi connectivity index (χ2n) is 4.65. The number of nitrogens with zero attached hydrogens (tertiary/aromatic N) is 4. The summed E-state index contributed by atoms with van der Waals surface area (Å²) in [5.74, 6) is 1.64. The molecule has 5 nitrogen and oxygen atoms in total. The van der Waals surface area contributed by atoms with Gasteiger partial charge in [0.15, 0.2) is 5.82 Å². The van der Waals surface area contributed by atoms with Crippen LogP contribution < -0.4 is 0 Å². The molecule has 0 aliphatic carbocycles. The van der Waals surface area contributed by atoms with Gasteiger partial charge in [-0.1, -0.05) is 23.0 Å². The van der Waals surface area contributed by atoms with E-state index in [0.29, 0.717) is 28.1 Å². The first kappa shape index (κ1) is 14.8. The van der Waals surface area contributed by atoms with Gasteiger partial charge in [-0.2, -0.15) is 10.2 Å². The first-order valence-electron chi connectivity index (χ1n) is 6.55. The third-order valence-electron chi connectivity index (χ3n) is 2.96. The van der Waals surface area contributed by atoms with E-state index in [0.717, 1.165) is 16.1 Å². The minimum atomic E-state index is 0.513. The Bertz CT molecular complexity index is 834. The van der Waals surface area contributed by atoms with Crippen LogP contribution in [0.3, 0.4) is 0 Å². The van der Waals surface area contributed by atoms with Crippen LogP contribution >= 0.6 is 23.1 Å². The lowest BCUT2D eigenvalue weighted by atomic mass is 10.1. The molecule has 22 heavy (non-hydrogen) atoms. The van der Waals surface area contributed by atoms with Crippen molar-refractivity contribution in [2.75, 3.05) is 0 Å². The smallest absolute Gasteiger partial charge is 0.268 e. The van der Waals surface area contributed by atoms with E-state index in [-0.39, 0.29) is 0 Å². The van der Waals surface area contributed by atoms with Crippen molar-refractivity contribution in [2.24, 2.45) is 0 Å². The van der Waals surface area contributed by atoms with Crippen molar-refractivity contribution in [3.63, 3.8) is 0 Å². The van der Waals surface area contributed by atoms with E-state index in [1.165, 1.54) is 11.8 Å². The van der Waals surface area contributed by atoms with Gasteiger partial charge in [0, 0.05) is 5.69 Å². The van der Waals surface area contributed by atoms with Crippen molar-refractivity contribution in [3.05, 3.63) is 46.2 Å². The van der Waals surface area contributed by atoms with Crippen LogP contribution in [0.2, 0.25) is 0 Å². The summed E-state index contributed by atoms with van der Waals surface area (Å²) in [6.45, 7) is 3.84. The molecule has 0 aromatic carbocycles. The molecule has 3 rings (SSSR count). The lowest BCUT2D eigenvalue weighted by Gasteiger charge is -2.05. The highest BCUT2D eigenvalue weighted by Gasteiger charge is 2.13. The largest absolute Gasteiger partial charge is 0.333 e. The summed E-state index contributed by atoms with van der Waals surface area (Å²) < 4.78 is 5.25. The van der Waals surface area contributed by atoms with Crippen LogP contribution in [0.15, 0.2) is 33.1 Å². The fourth-order valence-electron chi connectivity index (χ4n) is 1.99. The van der Waals surface area contributed by atoms with Crippen LogP contribution in [-0.2, 0) is 5.75 Å². The molecule has 3 aromatic rings. The molecular formula is C15H12N4OS2. The summed E-state index contributed by atoms with van der Waals surface area (Å²) in [6, 6.07) is 8.00. The summed E-state index contributed by atoms with van der Waals surface area (Å²) in [6.07, 6.45) is 0. The van der Waals surface area contributed by atoms with Crippen LogP contribution in [0.1, 0.15) is 22.6 Å². The Hall–Kier alpha value is -2.17. The minimum absolute atomic E-state index is 0.513. The highest BCUT2D eigenvalue weighted by atomic mass is 32.2. The molecule has 110 valence electrons. The standard InChI is InChI=1S/C15H12N4OS2/c1-9-6-10(2)17-15(11(9)7-16)22-8-13-18-14(20-19-13)12-4-3-5-21-12/h3-6H,8H2,1-2H3. The maximum absolute atomic E-state index is 9.26. The van der Waals surface area contributed by atoms with E-state index in [2.05, 4.69) is 21.2 Å². The van der Waals surface area contributed by atoms with Crippen molar-refractivity contribution in [1.82, 2.24) is 15.1 Å². The van der Waals surface area contributed by atoms with Gasteiger partial charge in [-0.3, -0.25) is 0 Å². The van der Waals surface area contributed by atoms with Gasteiger partial charge >= 0.3 is 0 Å². The monoisotopic (exact) mass is 328 g/mol. The van der Waals surface area contributed by atoms with E-state index < -0.39 is 0 Å². The molecule has 3 aromatic heterocycles. The van der Waals surface area contributed by atoms with Gasteiger partial charge in [-0.25, -0.2) is 4.98 Å². The van der Waals surface area contributed by atoms with E-state index in [1.807, 2.05) is 37.4 Å². The summed E-state index contributed by atoms with van der Waals surface area (Å²) in [4.78, 5) is 9.75. The molecule has 3 heterocycles. The second kappa shape index (κ2) is 6.30. The van der Waals surface area contributed by atoms with Gasteiger partial charge in [-0.15, -0.1) is 11.3 Å². The molecular weight excluding hydrogens is 316 g/mol. The van der Waals surface area contributed by atoms with Gasteiger partial charge < -0.3 is 4.52 Å². The number of thiophene rings is 1. The molecule has 0 aliphatic heterocycles. The maximum atomic E-state index is 9.26. The highest BCUT2D eigenvalue weighted by molar-refractivity contribution is 7.98. The second-order valence-corrected chi connectivity index (χ2v) is 6.57. The molecule has 0 saturated heterocycles. The highest BCUT2D eigenvalue weighted by Crippen LogP contribution is 2.27. The molecule has 0 atom stereocenters. The number of thioether (sulfide) groups is 1. The Morgan fingerprint density at radius 1 is 1.36 bits per heavy atom. The number of hydrogen-bond donors (Lipinski definition) is 0. The number of pyridine rings is 1. The average Bonchev–Trinajstić information content (AvgIpc) is 3.15. The number of rotatable bonds is 4. The summed E-state index contributed by atoms with van der Waals surface area (Å²) >= 11 is 3.00. The van der Waals surface area contributed by atoms with Crippen molar-refractivity contribution < 1.29 is 4.52 Å². The van der Waals surface area contributed by atoms with Gasteiger partial charge in [0.05, 0.1) is 16.2 Å². The van der Waals surface area contributed by atoms with E-state index in [4.69, 9.17) is 4.52 Å². The molecule has 0 aliphatic rings. The van der Waals surface area contributed by atoms with Crippen molar-refractivity contribution in [3.8, 4) is 16.8 Å². The Balaban J connectivity index is 1.78. The molecule has 0 spiro atoms. The predicted octanol–water partition coefficient (Wildman–Crippen LogP) is 3.97. The normalized spacial score (nSPS) is 10.6. The van der Waals surface area contributed by atoms with Crippen molar-refractivity contribution in [1.29, 1.82) is 5.26 Å². The first-order valence-corrected chi connectivity index (χ1v) is 8.41. The summed E-state index contributed by atoms with van der Waals surface area (Å²) in [7, 11) is 0. The van der Waals surface area contributed by atoms with Crippen LogP contribution in [0.5, 0.6) is 0 Å². The quantitative estimate of drug-likeness (QED) is 0.674. The molecule has 0 fully saturated rings. The molecule has 0 amide bonds. The number of nitriles is 1. The molecule has 7 heteroatoms. The lowest BCUT2D eigenvalue weighted by molar-refractivity contribution is 0.426. The Labute approximate surface area is 136 Å². The summed E-state index contributed by atoms with van der Waals surface area (Å²) in [5.41, 5.74) is 2.44. The molecule has 0 N–H and O–H groups in total. The molecule has 0 bridgehead atoms. The van der Waals surface area contributed by atoms with E-state index in [9.17, 15) is 5.26 Å². The molecule has 0 unspecified atom stereocenters. The van der Waals surface area contributed by atoms with Crippen LogP contribution in [-0.4, -0.2) is 15.1 Å². The van der Waals surface area contributed by atoms with Gasteiger partial charge in [0.25, 0.3) is 5.89 Å². The average molecular weight is 328 g/mol. The predicted molar refractivity (Wildman–Crippen MR) is 85.6 cm³/mol. The third kappa shape index (κ3) is 3.03. The minimum Gasteiger partial charge on any atom is -0.333 e. The summed E-state index contributed by atoms with van der Waals surface area (Å²) in [5, 5.41) is 15.9. The van der Waals surface area contributed by atoms with Crippen LogP contribution in [0.25, 0.3) is 10.8 Å². The zero-order chi connectivity index (χ0) is 15.5. The van der Waals surface area contributed by atoms with Gasteiger partial charge in [0.1, 0.15) is 11.1 Å². The van der Waals surface area contributed by atoms with Crippen LogP contribution in [0.4, 0.5) is 0 Å². The number of aromatic nitrogens is 3. The number of aryl methyl sites for hydroxylation is 2. The zero-order valence-electron chi connectivity index (χ0n) is 12.0. The van der Waals surface area contributed by atoms with E-state index >= 15 is 0 Å². The van der Waals surface area contributed by atoms with Gasteiger partial charge in [-0.05, 0) is 36.9 Å². The van der Waals surface area contributed by atoms with E-state index in [1.54, 1.807) is 11.3 Å². The SMILES string of the molecule is Cc1cc(C)c(C#N)c(SCc2noc(-c3cccs3)n2)n1. The third-order valence-corrected chi connectivity index (χ3v) is 4.79. The Morgan fingerprint density at radius 2 is 2.23 bits per heavy atom. The van der Waals surface area contributed by atoms with Crippen molar-refractivity contribution >= 4 is 23.1 Å². The maximum Gasteiger partial charge on any atom is 0.268 e. The first-order chi connectivity index (χ1) is 10.7. The van der Waals surface area contributed by atoms with Crippen LogP contribution in [0, 0.1) is 25.2 Å². The Kier molecular flexibility index (Phi) is 4.22. The van der Waals surface area contributed by atoms with Crippen molar-refractivity contribution in [2.45, 2.75) is 24.6 Å². The molecule has 0 radical (unpaired) electrons. The molecule has 0 saturated carbocycles.